The Bertz CT molecular complexity index is 548. The van der Waals surface area contributed by atoms with Crippen molar-refractivity contribution in [2.75, 3.05) is 0 Å². The SMILES string of the molecule is Cn1cc(C(F)(F)F)nc1-c1cncc(Cl)c1. The molecule has 90 valence electrons. The Morgan fingerprint density at radius 3 is 2.53 bits per heavy atom. The Morgan fingerprint density at radius 2 is 2.00 bits per heavy atom. The van der Waals surface area contributed by atoms with Gasteiger partial charge in [-0.2, -0.15) is 13.2 Å². The molecule has 0 radical (unpaired) electrons. The Labute approximate surface area is 99.9 Å². The largest absolute Gasteiger partial charge is 0.434 e. The molecule has 2 aromatic heterocycles. The Kier molecular flexibility index (Phi) is 2.82. The van der Waals surface area contributed by atoms with E-state index in [1.807, 2.05) is 0 Å². The molecule has 2 rings (SSSR count). The van der Waals surface area contributed by atoms with Crippen LogP contribution in [0.4, 0.5) is 13.2 Å². The molecule has 3 nitrogen and oxygen atoms in total. The Balaban J connectivity index is 2.50. The number of nitrogens with zero attached hydrogens (tertiary/aromatic N) is 3. The Hall–Kier alpha value is -1.56. The maximum Gasteiger partial charge on any atom is 0.434 e. The van der Waals surface area contributed by atoms with Crippen LogP contribution in [0.25, 0.3) is 11.4 Å². The fourth-order valence-electron chi connectivity index (χ4n) is 1.41. The van der Waals surface area contributed by atoms with Gasteiger partial charge in [0.2, 0.25) is 0 Å². The monoisotopic (exact) mass is 261 g/mol. The smallest absolute Gasteiger partial charge is 0.333 e. The van der Waals surface area contributed by atoms with Gasteiger partial charge in [0.15, 0.2) is 5.69 Å². The lowest BCUT2D eigenvalue weighted by Gasteiger charge is -2.01. The number of aromatic nitrogens is 3. The van der Waals surface area contributed by atoms with Crippen LogP contribution in [0.2, 0.25) is 5.02 Å². The van der Waals surface area contributed by atoms with Crippen molar-refractivity contribution in [2.24, 2.45) is 7.05 Å². The first-order chi connectivity index (χ1) is 7.88. The number of hydrogen-bond donors (Lipinski definition) is 0. The number of halogens is 4. The third-order valence-corrected chi connectivity index (χ3v) is 2.34. The second-order valence-corrected chi connectivity index (χ2v) is 3.89. The molecule has 0 aliphatic heterocycles. The summed E-state index contributed by atoms with van der Waals surface area (Å²) in [5.74, 6) is 0.173. The van der Waals surface area contributed by atoms with Crippen molar-refractivity contribution in [3.05, 3.63) is 35.4 Å². The van der Waals surface area contributed by atoms with Crippen molar-refractivity contribution in [1.82, 2.24) is 14.5 Å². The third kappa shape index (κ3) is 2.41. The van der Waals surface area contributed by atoms with Crippen LogP contribution in [-0.4, -0.2) is 14.5 Å². The zero-order valence-electron chi connectivity index (χ0n) is 8.66. The molecule has 0 N–H and O–H groups in total. The summed E-state index contributed by atoms with van der Waals surface area (Å²) in [6, 6.07) is 1.51. The molecule has 0 saturated heterocycles. The molecule has 0 fully saturated rings. The highest BCUT2D eigenvalue weighted by Crippen LogP contribution is 2.30. The van der Waals surface area contributed by atoms with Crippen LogP contribution in [-0.2, 0) is 13.2 Å². The van der Waals surface area contributed by atoms with Gasteiger partial charge in [-0.3, -0.25) is 4.98 Å². The normalized spacial score (nSPS) is 11.8. The molecule has 0 aliphatic rings. The van der Waals surface area contributed by atoms with E-state index in [-0.39, 0.29) is 5.82 Å². The van der Waals surface area contributed by atoms with E-state index in [2.05, 4.69) is 9.97 Å². The average molecular weight is 262 g/mol. The van der Waals surface area contributed by atoms with E-state index in [0.717, 1.165) is 6.20 Å². The number of alkyl halides is 3. The van der Waals surface area contributed by atoms with Crippen molar-refractivity contribution in [3.63, 3.8) is 0 Å². The van der Waals surface area contributed by atoms with Crippen LogP contribution >= 0.6 is 11.6 Å². The summed E-state index contributed by atoms with van der Waals surface area (Å²) in [6.07, 6.45) is -0.717. The van der Waals surface area contributed by atoms with E-state index in [1.54, 1.807) is 0 Å². The number of pyridine rings is 1. The van der Waals surface area contributed by atoms with Gasteiger partial charge < -0.3 is 4.57 Å². The van der Waals surface area contributed by atoms with Crippen molar-refractivity contribution in [1.29, 1.82) is 0 Å². The molecular weight excluding hydrogens is 255 g/mol. The molecule has 7 heteroatoms. The highest BCUT2D eigenvalue weighted by molar-refractivity contribution is 6.30. The summed E-state index contributed by atoms with van der Waals surface area (Å²) in [7, 11) is 1.48. The van der Waals surface area contributed by atoms with Crippen LogP contribution in [0.3, 0.4) is 0 Å². The fourth-order valence-corrected chi connectivity index (χ4v) is 1.58. The second kappa shape index (κ2) is 4.03. The maximum absolute atomic E-state index is 12.5. The van der Waals surface area contributed by atoms with Gasteiger partial charge in [-0.05, 0) is 6.07 Å². The van der Waals surface area contributed by atoms with Gasteiger partial charge in [-0.25, -0.2) is 4.98 Å². The van der Waals surface area contributed by atoms with Gasteiger partial charge >= 0.3 is 6.18 Å². The second-order valence-electron chi connectivity index (χ2n) is 3.45. The standard InChI is InChI=1S/C10H7ClF3N3/c1-17-5-8(10(12,13)14)16-9(17)6-2-7(11)4-15-3-6/h2-5H,1H3. The lowest BCUT2D eigenvalue weighted by atomic mass is 10.3. The van der Waals surface area contributed by atoms with Gasteiger partial charge in [0, 0.05) is 31.2 Å². The average Bonchev–Trinajstić information content (AvgIpc) is 2.60. The molecule has 0 atom stereocenters. The molecule has 0 aliphatic carbocycles. The van der Waals surface area contributed by atoms with Crippen molar-refractivity contribution in [3.8, 4) is 11.4 Å². The van der Waals surface area contributed by atoms with E-state index in [0.29, 0.717) is 10.6 Å². The van der Waals surface area contributed by atoms with E-state index < -0.39 is 11.9 Å². The van der Waals surface area contributed by atoms with E-state index >= 15 is 0 Å². The van der Waals surface area contributed by atoms with Crippen LogP contribution < -0.4 is 0 Å². The third-order valence-electron chi connectivity index (χ3n) is 2.13. The van der Waals surface area contributed by atoms with Crippen LogP contribution in [0.1, 0.15) is 5.69 Å². The number of aryl methyl sites for hydroxylation is 1. The molecule has 0 saturated carbocycles. The quantitative estimate of drug-likeness (QED) is 0.789. The molecular formula is C10H7ClF3N3. The molecule has 0 bridgehead atoms. The minimum Gasteiger partial charge on any atom is -0.333 e. The van der Waals surface area contributed by atoms with E-state index in [4.69, 9.17) is 11.6 Å². The lowest BCUT2D eigenvalue weighted by Crippen LogP contribution is -2.04. The minimum absolute atomic E-state index is 0.173. The van der Waals surface area contributed by atoms with E-state index in [9.17, 15) is 13.2 Å². The zero-order valence-corrected chi connectivity index (χ0v) is 9.42. The molecule has 17 heavy (non-hydrogen) atoms. The minimum atomic E-state index is -4.46. The number of imidazole rings is 1. The number of hydrogen-bond acceptors (Lipinski definition) is 2. The first-order valence-corrected chi connectivity index (χ1v) is 4.97. The maximum atomic E-state index is 12.5. The zero-order chi connectivity index (χ0) is 12.6. The summed E-state index contributed by atoms with van der Waals surface area (Å²) in [6.45, 7) is 0. The lowest BCUT2D eigenvalue weighted by molar-refractivity contribution is -0.140. The predicted molar refractivity (Wildman–Crippen MR) is 56.5 cm³/mol. The van der Waals surface area contributed by atoms with Gasteiger partial charge in [0.1, 0.15) is 5.82 Å². The molecule has 0 unspecified atom stereocenters. The predicted octanol–water partition coefficient (Wildman–Crippen LogP) is 3.15. The van der Waals surface area contributed by atoms with Crippen LogP contribution in [0.5, 0.6) is 0 Å². The summed E-state index contributed by atoms with van der Waals surface area (Å²) < 4.78 is 38.7. The molecule has 2 heterocycles. The molecule has 2 aromatic rings. The highest BCUT2D eigenvalue weighted by Gasteiger charge is 2.34. The fraction of sp³-hybridized carbons (Fsp3) is 0.200. The molecule has 0 amide bonds. The van der Waals surface area contributed by atoms with Crippen LogP contribution in [0, 0.1) is 0 Å². The molecule has 0 spiro atoms. The van der Waals surface area contributed by atoms with Crippen LogP contribution in [0.15, 0.2) is 24.7 Å². The highest BCUT2D eigenvalue weighted by atomic mass is 35.5. The van der Waals surface area contributed by atoms with Gasteiger partial charge in [0.25, 0.3) is 0 Å². The van der Waals surface area contributed by atoms with E-state index in [1.165, 1.54) is 30.1 Å². The van der Waals surface area contributed by atoms with Gasteiger partial charge in [-0.15, -0.1) is 0 Å². The van der Waals surface area contributed by atoms with Crippen molar-refractivity contribution in [2.45, 2.75) is 6.18 Å². The first kappa shape index (κ1) is 11.9. The van der Waals surface area contributed by atoms with Gasteiger partial charge in [-0.1, -0.05) is 11.6 Å². The summed E-state index contributed by atoms with van der Waals surface area (Å²) in [5.41, 5.74) is -0.495. The summed E-state index contributed by atoms with van der Waals surface area (Å²) in [5, 5.41) is 0.346. The topological polar surface area (TPSA) is 30.7 Å². The summed E-state index contributed by atoms with van der Waals surface area (Å²) >= 11 is 5.72. The Morgan fingerprint density at radius 1 is 1.29 bits per heavy atom. The van der Waals surface area contributed by atoms with Crippen molar-refractivity contribution < 1.29 is 13.2 Å². The molecule has 0 aromatic carbocycles. The number of rotatable bonds is 1. The summed E-state index contributed by atoms with van der Waals surface area (Å²) in [4.78, 5) is 7.34. The first-order valence-electron chi connectivity index (χ1n) is 4.59. The van der Waals surface area contributed by atoms with Gasteiger partial charge in [0.05, 0.1) is 5.02 Å². The van der Waals surface area contributed by atoms with Crippen molar-refractivity contribution >= 4 is 11.6 Å².